The SMILES string of the molecule is O=C1CCC(c2ccc3[nH]c(C(=O)O)cc3c2)C(=O)N1. The van der Waals surface area contributed by atoms with Crippen molar-refractivity contribution in [3.63, 3.8) is 0 Å². The number of carboxylic acid groups (broad SMARTS) is 1. The van der Waals surface area contributed by atoms with Crippen LogP contribution in [0.15, 0.2) is 24.3 Å². The summed E-state index contributed by atoms with van der Waals surface area (Å²) in [6.45, 7) is 0. The molecule has 1 aromatic heterocycles. The number of hydrogen-bond donors (Lipinski definition) is 3. The molecule has 0 bridgehead atoms. The lowest BCUT2D eigenvalue weighted by Gasteiger charge is -2.21. The van der Waals surface area contributed by atoms with Gasteiger partial charge < -0.3 is 10.1 Å². The van der Waals surface area contributed by atoms with Crippen molar-refractivity contribution in [3.8, 4) is 0 Å². The van der Waals surface area contributed by atoms with Gasteiger partial charge in [0.15, 0.2) is 0 Å². The van der Waals surface area contributed by atoms with Crippen molar-refractivity contribution in [3.05, 3.63) is 35.5 Å². The summed E-state index contributed by atoms with van der Waals surface area (Å²) in [4.78, 5) is 36.7. The van der Waals surface area contributed by atoms with Crippen LogP contribution in [0.2, 0.25) is 0 Å². The molecule has 1 unspecified atom stereocenters. The van der Waals surface area contributed by atoms with Crippen LogP contribution in [0.5, 0.6) is 0 Å². The fraction of sp³-hybridized carbons (Fsp3) is 0.214. The first kappa shape index (κ1) is 12.4. The van der Waals surface area contributed by atoms with Crippen LogP contribution < -0.4 is 5.32 Å². The third-order valence-electron chi connectivity index (χ3n) is 3.52. The van der Waals surface area contributed by atoms with Crippen LogP contribution in [-0.2, 0) is 9.59 Å². The van der Waals surface area contributed by atoms with Gasteiger partial charge in [-0.15, -0.1) is 0 Å². The molecule has 1 fully saturated rings. The second-order valence-electron chi connectivity index (χ2n) is 4.84. The summed E-state index contributed by atoms with van der Waals surface area (Å²) in [5, 5.41) is 12.0. The third kappa shape index (κ3) is 2.05. The molecule has 1 atom stereocenters. The number of fused-ring (bicyclic) bond motifs is 1. The van der Waals surface area contributed by atoms with E-state index in [1.807, 2.05) is 0 Å². The highest BCUT2D eigenvalue weighted by atomic mass is 16.4. The smallest absolute Gasteiger partial charge is 0.352 e. The molecule has 2 aromatic rings. The number of benzene rings is 1. The van der Waals surface area contributed by atoms with Crippen molar-refractivity contribution in [2.45, 2.75) is 18.8 Å². The van der Waals surface area contributed by atoms with E-state index in [9.17, 15) is 14.4 Å². The zero-order valence-electron chi connectivity index (χ0n) is 10.5. The Bertz CT molecular complexity index is 732. The summed E-state index contributed by atoms with van der Waals surface area (Å²) in [6.07, 6.45) is 0.800. The van der Waals surface area contributed by atoms with Crippen LogP contribution in [0.4, 0.5) is 0 Å². The van der Waals surface area contributed by atoms with E-state index in [4.69, 9.17) is 5.11 Å². The number of rotatable bonds is 2. The number of imide groups is 1. The fourth-order valence-corrected chi connectivity index (χ4v) is 2.49. The van der Waals surface area contributed by atoms with Gasteiger partial charge in [0.1, 0.15) is 5.69 Å². The summed E-state index contributed by atoms with van der Waals surface area (Å²) in [7, 11) is 0. The summed E-state index contributed by atoms with van der Waals surface area (Å²) in [5.41, 5.74) is 1.61. The Balaban J connectivity index is 1.98. The molecule has 2 amide bonds. The maximum absolute atomic E-state index is 11.8. The number of amides is 2. The predicted octanol–water partition coefficient (Wildman–Crippen LogP) is 1.39. The van der Waals surface area contributed by atoms with Gasteiger partial charge >= 0.3 is 5.97 Å². The zero-order valence-corrected chi connectivity index (χ0v) is 10.5. The number of aromatic carboxylic acids is 1. The number of hydrogen-bond acceptors (Lipinski definition) is 3. The van der Waals surface area contributed by atoms with Crippen molar-refractivity contribution >= 4 is 28.7 Å². The minimum Gasteiger partial charge on any atom is -0.477 e. The monoisotopic (exact) mass is 272 g/mol. The topological polar surface area (TPSA) is 99.3 Å². The molecule has 3 rings (SSSR count). The van der Waals surface area contributed by atoms with Crippen LogP contribution in [0, 0.1) is 0 Å². The predicted molar refractivity (Wildman–Crippen MR) is 70.4 cm³/mol. The normalized spacial score (nSPS) is 19.1. The van der Waals surface area contributed by atoms with E-state index in [0.717, 1.165) is 10.9 Å². The Kier molecular flexibility index (Phi) is 2.78. The number of piperidine rings is 1. The molecule has 1 aliphatic rings. The molecule has 6 nitrogen and oxygen atoms in total. The minimum atomic E-state index is -1.02. The van der Waals surface area contributed by atoms with Crippen molar-refractivity contribution in [2.75, 3.05) is 0 Å². The number of H-pyrrole nitrogens is 1. The van der Waals surface area contributed by atoms with Gasteiger partial charge in [0.05, 0.1) is 5.92 Å². The number of aromatic nitrogens is 1. The number of aromatic amines is 1. The number of carboxylic acids is 1. The maximum Gasteiger partial charge on any atom is 0.352 e. The molecule has 6 heteroatoms. The second-order valence-corrected chi connectivity index (χ2v) is 4.84. The molecule has 1 saturated heterocycles. The van der Waals surface area contributed by atoms with E-state index < -0.39 is 5.97 Å². The first-order chi connectivity index (χ1) is 9.54. The van der Waals surface area contributed by atoms with Crippen molar-refractivity contribution in [1.29, 1.82) is 0 Å². The van der Waals surface area contributed by atoms with Gasteiger partial charge in [0, 0.05) is 17.3 Å². The summed E-state index contributed by atoms with van der Waals surface area (Å²) < 4.78 is 0. The van der Waals surface area contributed by atoms with Gasteiger partial charge in [-0.1, -0.05) is 6.07 Å². The van der Waals surface area contributed by atoms with Gasteiger partial charge in [-0.25, -0.2) is 4.79 Å². The molecule has 1 aromatic carbocycles. The molecule has 0 radical (unpaired) electrons. The molecular formula is C14H12N2O4. The van der Waals surface area contributed by atoms with Crippen LogP contribution >= 0.6 is 0 Å². The standard InChI is InChI=1S/C14H12N2O4/c17-12-4-2-9(13(18)16-12)7-1-3-10-8(5-7)6-11(15-10)14(19)20/h1,3,5-6,9,15H,2,4H2,(H,19,20)(H,16,17,18). The number of carbonyl (C=O) groups excluding carboxylic acids is 2. The molecule has 3 N–H and O–H groups in total. The average Bonchev–Trinajstić information content (AvgIpc) is 2.81. The molecule has 20 heavy (non-hydrogen) atoms. The largest absolute Gasteiger partial charge is 0.477 e. The van der Waals surface area contributed by atoms with Gasteiger partial charge in [-0.3, -0.25) is 14.9 Å². The summed E-state index contributed by atoms with van der Waals surface area (Å²) in [6, 6.07) is 6.86. The highest BCUT2D eigenvalue weighted by Crippen LogP contribution is 2.27. The van der Waals surface area contributed by atoms with Crippen LogP contribution in [0.25, 0.3) is 10.9 Å². The molecule has 0 saturated carbocycles. The summed E-state index contributed by atoms with van der Waals surface area (Å²) in [5.74, 6) is -1.93. The van der Waals surface area contributed by atoms with Crippen molar-refractivity contribution in [1.82, 2.24) is 10.3 Å². The Hall–Kier alpha value is -2.63. The molecule has 0 aliphatic carbocycles. The molecular weight excluding hydrogens is 260 g/mol. The van der Waals surface area contributed by atoms with E-state index in [1.165, 1.54) is 6.07 Å². The highest BCUT2D eigenvalue weighted by molar-refractivity contribution is 6.01. The number of carbonyl (C=O) groups is 3. The lowest BCUT2D eigenvalue weighted by Crippen LogP contribution is -2.39. The van der Waals surface area contributed by atoms with E-state index in [0.29, 0.717) is 18.4 Å². The maximum atomic E-state index is 11.8. The molecule has 2 heterocycles. The third-order valence-corrected chi connectivity index (χ3v) is 3.52. The highest BCUT2D eigenvalue weighted by Gasteiger charge is 2.28. The quantitative estimate of drug-likeness (QED) is 0.719. The van der Waals surface area contributed by atoms with E-state index in [2.05, 4.69) is 10.3 Å². The zero-order chi connectivity index (χ0) is 14.3. The Morgan fingerprint density at radius 3 is 2.75 bits per heavy atom. The summed E-state index contributed by atoms with van der Waals surface area (Å²) >= 11 is 0. The van der Waals surface area contributed by atoms with Crippen molar-refractivity contribution < 1.29 is 19.5 Å². The lowest BCUT2D eigenvalue weighted by molar-refractivity contribution is -0.134. The number of nitrogens with one attached hydrogen (secondary N) is 2. The lowest BCUT2D eigenvalue weighted by atomic mass is 9.90. The Labute approximate surface area is 113 Å². The Morgan fingerprint density at radius 2 is 2.05 bits per heavy atom. The van der Waals surface area contributed by atoms with E-state index >= 15 is 0 Å². The first-order valence-corrected chi connectivity index (χ1v) is 6.24. The van der Waals surface area contributed by atoms with E-state index in [-0.39, 0.29) is 23.4 Å². The van der Waals surface area contributed by atoms with Crippen LogP contribution in [-0.4, -0.2) is 27.9 Å². The fourth-order valence-electron chi connectivity index (χ4n) is 2.49. The van der Waals surface area contributed by atoms with Gasteiger partial charge in [0.2, 0.25) is 11.8 Å². The van der Waals surface area contributed by atoms with Crippen LogP contribution in [0.1, 0.15) is 34.8 Å². The van der Waals surface area contributed by atoms with Gasteiger partial charge in [0.25, 0.3) is 0 Å². The average molecular weight is 272 g/mol. The Morgan fingerprint density at radius 1 is 1.25 bits per heavy atom. The van der Waals surface area contributed by atoms with Gasteiger partial charge in [-0.2, -0.15) is 0 Å². The first-order valence-electron chi connectivity index (χ1n) is 6.24. The molecule has 102 valence electrons. The van der Waals surface area contributed by atoms with Crippen LogP contribution in [0.3, 0.4) is 0 Å². The van der Waals surface area contributed by atoms with Gasteiger partial charge in [-0.05, 0) is 30.2 Å². The van der Waals surface area contributed by atoms with Crippen molar-refractivity contribution in [2.24, 2.45) is 0 Å². The second kappa shape index (κ2) is 4.48. The molecule has 1 aliphatic heterocycles. The van der Waals surface area contributed by atoms with E-state index in [1.54, 1.807) is 18.2 Å². The molecule has 0 spiro atoms. The minimum absolute atomic E-state index is 0.112.